The molecule has 6 heteroatoms. The number of tetrazole rings is 1. The fourth-order valence-corrected chi connectivity index (χ4v) is 1.05. The maximum Gasteiger partial charge on any atom is 0.242 e. The van der Waals surface area contributed by atoms with Crippen LogP contribution in [0, 0.1) is 0 Å². The molecule has 1 N–H and O–H groups in total. The molecule has 0 aliphatic heterocycles. The third kappa shape index (κ3) is 1.85. The van der Waals surface area contributed by atoms with E-state index in [0.717, 1.165) is 5.69 Å². The Labute approximate surface area is 81.0 Å². The molecule has 0 atom stereocenters. The van der Waals surface area contributed by atoms with Crippen LogP contribution >= 0.6 is 0 Å². The number of rotatable bonds is 3. The van der Waals surface area contributed by atoms with E-state index in [0.29, 0.717) is 12.5 Å². The van der Waals surface area contributed by atoms with Gasteiger partial charge >= 0.3 is 0 Å². The molecule has 0 bridgehead atoms. The van der Waals surface area contributed by atoms with E-state index in [9.17, 15) is 0 Å². The summed E-state index contributed by atoms with van der Waals surface area (Å²) in [7, 11) is 1.78. The summed E-state index contributed by atoms with van der Waals surface area (Å²) in [6.07, 6.45) is 1.76. The minimum absolute atomic E-state index is 0.620. The molecule has 2 aromatic rings. The SMILES string of the molecule is Cn1nnnc1NCc1ccccn1. The summed E-state index contributed by atoms with van der Waals surface area (Å²) in [5.74, 6) is 0.635. The second kappa shape index (κ2) is 3.82. The number of nitrogens with one attached hydrogen (secondary N) is 1. The van der Waals surface area contributed by atoms with Crippen LogP contribution < -0.4 is 5.32 Å². The van der Waals surface area contributed by atoms with Gasteiger partial charge in [0.05, 0.1) is 12.2 Å². The highest BCUT2D eigenvalue weighted by Gasteiger charge is 2.00. The van der Waals surface area contributed by atoms with E-state index in [1.807, 2.05) is 18.2 Å². The Morgan fingerprint density at radius 2 is 2.36 bits per heavy atom. The first-order chi connectivity index (χ1) is 6.86. The monoisotopic (exact) mass is 190 g/mol. The van der Waals surface area contributed by atoms with E-state index < -0.39 is 0 Å². The van der Waals surface area contributed by atoms with Crippen LogP contribution in [0.5, 0.6) is 0 Å². The van der Waals surface area contributed by atoms with Gasteiger partial charge in [0.15, 0.2) is 0 Å². The van der Waals surface area contributed by atoms with Crippen molar-refractivity contribution in [1.82, 2.24) is 25.2 Å². The van der Waals surface area contributed by atoms with Crippen molar-refractivity contribution in [2.75, 3.05) is 5.32 Å². The van der Waals surface area contributed by atoms with E-state index >= 15 is 0 Å². The number of aryl methyl sites for hydroxylation is 1. The van der Waals surface area contributed by atoms with Gasteiger partial charge in [0, 0.05) is 13.2 Å². The van der Waals surface area contributed by atoms with E-state index in [1.54, 1.807) is 17.9 Å². The lowest BCUT2D eigenvalue weighted by Gasteiger charge is -2.02. The summed E-state index contributed by atoms with van der Waals surface area (Å²) in [6.45, 7) is 0.620. The molecule has 0 aliphatic rings. The second-order valence-corrected chi connectivity index (χ2v) is 2.80. The molecule has 0 saturated heterocycles. The maximum atomic E-state index is 4.17. The third-order valence-electron chi connectivity index (χ3n) is 1.77. The van der Waals surface area contributed by atoms with Crippen molar-refractivity contribution in [1.29, 1.82) is 0 Å². The molecule has 2 rings (SSSR count). The molecule has 0 aliphatic carbocycles. The third-order valence-corrected chi connectivity index (χ3v) is 1.77. The van der Waals surface area contributed by atoms with E-state index in [-0.39, 0.29) is 0 Å². The van der Waals surface area contributed by atoms with Crippen LogP contribution in [0.1, 0.15) is 5.69 Å². The molecular weight excluding hydrogens is 180 g/mol. The zero-order valence-corrected chi connectivity index (χ0v) is 7.75. The number of aromatic nitrogens is 5. The lowest BCUT2D eigenvalue weighted by Crippen LogP contribution is -2.06. The number of hydrogen-bond donors (Lipinski definition) is 1. The highest BCUT2D eigenvalue weighted by molar-refractivity contribution is 5.22. The first-order valence-electron chi connectivity index (χ1n) is 4.22. The van der Waals surface area contributed by atoms with Gasteiger partial charge < -0.3 is 5.32 Å². The van der Waals surface area contributed by atoms with Crippen LogP contribution in [0.3, 0.4) is 0 Å². The van der Waals surface area contributed by atoms with Crippen molar-refractivity contribution < 1.29 is 0 Å². The maximum absolute atomic E-state index is 4.17. The Morgan fingerprint density at radius 3 is 3.00 bits per heavy atom. The number of nitrogens with zero attached hydrogens (tertiary/aromatic N) is 5. The van der Waals surface area contributed by atoms with Crippen LogP contribution in [0.15, 0.2) is 24.4 Å². The van der Waals surface area contributed by atoms with Gasteiger partial charge in [-0.15, -0.1) is 0 Å². The average Bonchev–Trinajstić information content (AvgIpc) is 2.63. The Morgan fingerprint density at radius 1 is 1.43 bits per heavy atom. The summed E-state index contributed by atoms with van der Waals surface area (Å²) in [5.41, 5.74) is 0.954. The average molecular weight is 190 g/mol. The van der Waals surface area contributed by atoms with Crippen molar-refractivity contribution in [2.45, 2.75) is 6.54 Å². The molecule has 2 heterocycles. The Kier molecular flexibility index (Phi) is 2.35. The van der Waals surface area contributed by atoms with Gasteiger partial charge in [-0.25, -0.2) is 4.68 Å². The minimum atomic E-state index is 0.620. The highest BCUT2D eigenvalue weighted by Crippen LogP contribution is 1.99. The number of anilines is 1. The first-order valence-corrected chi connectivity index (χ1v) is 4.22. The Balaban J connectivity index is 1.99. The van der Waals surface area contributed by atoms with Gasteiger partial charge in [-0.2, -0.15) is 0 Å². The van der Waals surface area contributed by atoms with Crippen molar-refractivity contribution in [3.05, 3.63) is 30.1 Å². The van der Waals surface area contributed by atoms with Crippen LogP contribution in [-0.4, -0.2) is 25.2 Å². The summed E-state index contributed by atoms with van der Waals surface area (Å²) in [6, 6.07) is 5.77. The van der Waals surface area contributed by atoms with E-state index in [4.69, 9.17) is 0 Å². The van der Waals surface area contributed by atoms with Crippen LogP contribution in [0.25, 0.3) is 0 Å². The fourth-order valence-electron chi connectivity index (χ4n) is 1.05. The molecule has 0 unspecified atom stereocenters. The van der Waals surface area contributed by atoms with Gasteiger partial charge in [-0.05, 0) is 22.6 Å². The molecule has 2 aromatic heterocycles. The highest BCUT2D eigenvalue weighted by atomic mass is 15.6. The lowest BCUT2D eigenvalue weighted by molar-refractivity contribution is 0.712. The van der Waals surface area contributed by atoms with Gasteiger partial charge in [0.25, 0.3) is 0 Å². The van der Waals surface area contributed by atoms with E-state index in [2.05, 4.69) is 25.8 Å². The van der Waals surface area contributed by atoms with Crippen molar-refractivity contribution >= 4 is 5.95 Å². The molecule has 0 spiro atoms. The second-order valence-electron chi connectivity index (χ2n) is 2.80. The quantitative estimate of drug-likeness (QED) is 0.749. The zero-order chi connectivity index (χ0) is 9.80. The predicted octanol–water partition coefficient (Wildman–Crippen LogP) is 0.217. The molecule has 0 amide bonds. The molecule has 72 valence electrons. The molecule has 14 heavy (non-hydrogen) atoms. The van der Waals surface area contributed by atoms with Crippen molar-refractivity contribution in [3.63, 3.8) is 0 Å². The molecule has 0 aromatic carbocycles. The molecule has 0 fully saturated rings. The zero-order valence-electron chi connectivity index (χ0n) is 7.75. The smallest absolute Gasteiger partial charge is 0.242 e. The fraction of sp³-hybridized carbons (Fsp3) is 0.250. The summed E-state index contributed by atoms with van der Waals surface area (Å²) in [5, 5.41) is 14.1. The van der Waals surface area contributed by atoms with Crippen LogP contribution in [0.4, 0.5) is 5.95 Å². The Hall–Kier alpha value is -1.98. The van der Waals surface area contributed by atoms with Gasteiger partial charge in [0.1, 0.15) is 0 Å². The molecule has 0 radical (unpaired) electrons. The molecule has 6 nitrogen and oxygen atoms in total. The summed E-state index contributed by atoms with van der Waals surface area (Å²) in [4.78, 5) is 4.17. The Bertz CT molecular complexity index is 395. The summed E-state index contributed by atoms with van der Waals surface area (Å²) >= 11 is 0. The first kappa shape index (κ1) is 8.61. The van der Waals surface area contributed by atoms with Crippen LogP contribution in [-0.2, 0) is 13.6 Å². The largest absolute Gasteiger partial charge is 0.347 e. The van der Waals surface area contributed by atoms with Gasteiger partial charge in [-0.1, -0.05) is 11.2 Å². The topological polar surface area (TPSA) is 68.5 Å². The number of hydrogen-bond acceptors (Lipinski definition) is 5. The van der Waals surface area contributed by atoms with E-state index in [1.165, 1.54) is 0 Å². The standard InChI is InChI=1S/C8H10N6/c1-14-8(11-12-13-14)10-6-7-4-2-3-5-9-7/h2-5H,6H2,1H3,(H,10,11,13). The van der Waals surface area contributed by atoms with Crippen molar-refractivity contribution in [3.8, 4) is 0 Å². The molecular formula is C8H10N6. The van der Waals surface area contributed by atoms with Crippen LogP contribution in [0.2, 0.25) is 0 Å². The van der Waals surface area contributed by atoms with Gasteiger partial charge in [-0.3, -0.25) is 4.98 Å². The lowest BCUT2D eigenvalue weighted by atomic mass is 10.3. The number of pyridine rings is 1. The normalized spacial score (nSPS) is 10.1. The summed E-state index contributed by atoms with van der Waals surface area (Å²) < 4.78 is 1.57. The van der Waals surface area contributed by atoms with Gasteiger partial charge in [0.2, 0.25) is 5.95 Å². The minimum Gasteiger partial charge on any atom is -0.347 e. The van der Waals surface area contributed by atoms with Crippen molar-refractivity contribution in [2.24, 2.45) is 7.05 Å². The predicted molar refractivity (Wildman–Crippen MR) is 50.4 cm³/mol. The molecule has 0 saturated carbocycles.